The number of nitrogens with zero attached hydrogens (tertiary/aromatic N) is 1. The van der Waals surface area contributed by atoms with Gasteiger partial charge in [0.25, 0.3) is 0 Å². The number of carboxylic acid groups (broad SMARTS) is 1. The summed E-state index contributed by atoms with van der Waals surface area (Å²) in [6.07, 6.45) is 3.37. The van der Waals surface area contributed by atoms with Crippen LogP contribution in [0.1, 0.15) is 53.4 Å². The zero-order valence-electron chi connectivity index (χ0n) is 13.3. The van der Waals surface area contributed by atoms with Crippen LogP contribution in [0.25, 0.3) is 0 Å². The minimum atomic E-state index is -0.828. The largest absolute Gasteiger partial charge is 0.481 e. The number of carbonyl (C=O) groups is 2. The minimum absolute atomic E-state index is 0.0192. The summed E-state index contributed by atoms with van der Waals surface area (Å²) in [5, 5.41) is 11.6. The molecule has 0 fully saturated rings. The Kier molecular flexibility index (Phi) is 10.1. The average molecular weight is 286 g/mol. The van der Waals surface area contributed by atoms with Gasteiger partial charge in [0.2, 0.25) is 5.91 Å². The van der Waals surface area contributed by atoms with Crippen LogP contribution in [-0.2, 0) is 9.59 Å². The van der Waals surface area contributed by atoms with Crippen LogP contribution in [-0.4, -0.2) is 47.6 Å². The fourth-order valence-electron chi connectivity index (χ4n) is 2.03. The van der Waals surface area contributed by atoms with Gasteiger partial charge in [0.15, 0.2) is 0 Å². The molecule has 118 valence electrons. The van der Waals surface area contributed by atoms with Crippen molar-refractivity contribution in [1.29, 1.82) is 0 Å². The molecule has 0 heterocycles. The fourth-order valence-corrected chi connectivity index (χ4v) is 2.03. The second-order valence-electron chi connectivity index (χ2n) is 5.81. The van der Waals surface area contributed by atoms with Crippen LogP contribution in [0.2, 0.25) is 0 Å². The molecular formula is C15H30N2O3. The van der Waals surface area contributed by atoms with Crippen molar-refractivity contribution in [3.8, 4) is 0 Å². The monoisotopic (exact) mass is 286 g/mol. The van der Waals surface area contributed by atoms with Crippen molar-refractivity contribution in [3.63, 3.8) is 0 Å². The third-order valence-corrected chi connectivity index (χ3v) is 3.28. The van der Waals surface area contributed by atoms with Crippen LogP contribution in [0.3, 0.4) is 0 Å². The normalized spacial score (nSPS) is 12.7. The second-order valence-corrected chi connectivity index (χ2v) is 5.81. The van der Waals surface area contributed by atoms with Crippen molar-refractivity contribution in [2.45, 2.75) is 59.4 Å². The van der Waals surface area contributed by atoms with E-state index in [2.05, 4.69) is 19.2 Å². The molecule has 0 spiro atoms. The summed E-state index contributed by atoms with van der Waals surface area (Å²) >= 11 is 0. The summed E-state index contributed by atoms with van der Waals surface area (Å²) in [4.78, 5) is 24.2. The molecule has 1 amide bonds. The van der Waals surface area contributed by atoms with Crippen molar-refractivity contribution in [3.05, 3.63) is 0 Å². The van der Waals surface area contributed by atoms with E-state index in [4.69, 9.17) is 5.11 Å². The van der Waals surface area contributed by atoms with Gasteiger partial charge in [0.1, 0.15) is 0 Å². The van der Waals surface area contributed by atoms with Crippen molar-refractivity contribution in [2.24, 2.45) is 5.92 Å². The lowest BCUT2D eigenvalue weighted by Gasteiger charge is -2.21. The van der Waals surface area contributed by atoms with E-state index in [9.17, 15) is 9.59 Å². The molecule has 1 atom stereocenters. The van der Waals surface area contributed by atoms with Crippen LogP contribution >= 0.6 is 0 Å². The average Bonchev–Trinajstić information content (AvgIpc) is 2.33. The third kappa shape index (κ3) is 10.8. The number of nitrogens with one attached hydrogen (secondary N) is 1. The summed E-state index contributed by atoms with van der Waals surface area (Å²) in [7, 11) is 0. The molecule has 0 saturated carbocycles. The Morgan fingerprint density at radius 2 is 1.85 bits per heavy atom. The first-order chi connectivity index (χ1) is 9.35. The fraction of sp³-hybridized carbons (Fsp3) is 0.867. The lowest BCUT2D eigenvalue weighted by Crippen LogP contribution is -2.41. The second kappa shape index (κ2) is 10.7. The van der Waals surface area contributed by atoms with E-state index in [-0.39, 0.29) is 24.9 Å². The van der Waals surface area contributed by atoms with Crippen LogP contribution in [0.5, 0.6) is 0 Å². The summed E-state index contributed by atoms with van der Waals surface area (Å²) < 4.78 is 0. The highest BCUT2D eigenvalue weighted by molar-refractivity contribution is 5.78. The van der Waals surface area contributed by atoms with E-state index in [1.807, 2.05) is 18.7 Å². The molecule has 20 heavy (non-hydrogen) atoms. The summed E-state index contributed by atoms with van der Waals surface area (Å²) in [6.45, 7) is 9.73. The third-order valence-electron chi connectivity index (χ3n) is 3.28. The van der Waals surface area contributed by atoms with E-state index in [0.717, 1.165) is 12.8 Å². The molecular weight excluding hydrogens is 256 g/mol. The van der Waals surface area contributed by atoms with E-state index in [1.165, 1.54) is 6.42 Å². The van der Waals surface area contributed by atoms with Gasteiger partial charge in [-0.2, -0.15) is 0 Å². The van der Waals surface area contributed by atoms with Gasteiger partial charge in [-0.15, -0.1) is 0 Å². The van der Waals surface area contributed by atoms with Crippen molar-refractivity contribution >= 4 is 11.9 Å². The molecule has 5 nitrogen and oxygen atoms in total. The van der Waals surface area contributed by atoms with Gasteiger partial charge in [0.05, 0.1) is 13.0 Å². The van der Waals surface area contributed by atoms with E-state index in [0.29, 0.717) is 19.0 Å². The molecule has 0 radical (unpaired) electrons. The highest BCUT2D eigenvalue weighted by atomic mass is 16.4. The number of likely N-dealkylation sites (N-methyl/N-ethyl adjacent to an activating group) is 1. The Bertz CT molecular complexity index is 293. The quantitative estimate of drug-likeness (QED) is 0.610. The maximum absolute atomic E-state index is 11.9. The van der Waals surface area contributed by atoms with E-state index < -0.39 is 5.97 Å². The summed E-state index contributed by atoms with van der Waals surface area (Å²) in [5.74, 6) is -0.148. The number of rotatable bonds is 11. The number of carboxylic acids is 1. The SMILES string of the molecule is CCN(CCC(=O)O)CC(=O)NC(C)CCCC(C)C. The van der Waals surface area contributed by atoms with Crippen LogP contribution in [0.4, 0.5) is 0 Å². The minimum Gasteiger partial charge on any atom is -0.481 e. The smallest absolute Gasteiger partial charge is 0.304 e. The van der Waals surface area contributed by atoms with Gasteiger partial charge in [-0.1, -0.05) is 33.6 Å². The van der Waals surface area contributed by atoms with Gasteiger partial charge in [-0.25, -0.2) is 0 Å². The van der Waals surface area contributed by atoms with Crippen LogP contribution < -0.4 is 5.32 Å². The Morgan fingerprint density at radius 1 is 1.20 bits per heavy atom. The van der Waals surface area contributed by atoms with Gasteiger partial charge in [0, 0.05) is 12.6 Å². The Balaban J connectivity index is 3.91. The Morgan fingerprint density at radius 3 is 2.35 bits per heavy atom. The van der Waals surface area contributed by atoms with Crippen LogP contribution in [0.15, 0.2) is 0 Å². The van der Waals surface area contributed by atoms with Gasteiger partial charge in [-0.05, 0) is 25.8 Å². The Labute approximate surface area is 122 Å². The molecule has 0 aromatic rings. The maximum atomic E-state index is 11.9. The molecule has 0 aromatic carbocycles. The van der Waals surface area contributed by atoms with Crippen molar-refractivity contribution < 1.29 is 14.7 Å². The number of carbonyl (C=O) groups excluding carboxylic acids is 1. The standard InChI is InChI=1S/C15H30N2O3/c1-5-17(10-9-15(19)20)11-14(18)16-13(4)8-6-7-12(2)3/h12-13H,5-11H2,1-4H3,(H,16,18)(H,19,20). The molecule has 5 heteroatoms. The number of hydrogen-bond donors (Lipinski definition) is 2. The molecule has 1 unspecified atom stereocenters. The first kappa shape index (κ1) is 18.9. The maximum Gasteiger partial charge on any atom is 0.304 e. The summed E-state index contributed by atoms with van der Waals surface area (Å²) in [5.41, 5.74) is 0. The lowest BCUT2D eigenvalue weighted by atomic mass is 10.0. The summed E-state index contributed by atoms with van der Waals surface area (Å²) in [6, 6.07) is 0.180. The number of amides is 1. The van der Waals surface area contributed by atoms with Crippen LogP contribution in [0, 0.1) is 5.92 Å². The number of aliphatic carboxylic acids is 1. The number of hydrogen-bond acceptors (Lipinski definition) is 3. The first-order valence-electron chi connectivity index (χ1n) is 7.58. The molecule has 0 rings (SSSR count). The molecule has 0 saturated heterocycles. The Hall–Kier alpha value is -1.10. The predicted molar refractivity (Wildman–Crippen MR) is 80.7 cm³/mol. The first-order valence-corrected chi connectivity index (χ1v) is 7.58. The zero-order chi connectivity index (χ0) is 15.5. The highest BCUT2D eigenvalue weighted by Crippen LogP contribution is 2.08. The molecule has 0 aliphatic carbocycles. The van der Waals surface area contributed by atoms with Crippen molar-refractivity contribution in [1.82, 2.24) is 10.2 Å². The van der Waals surface area contributed by atoms with Crippen molar-refractivity contribution in [2.75, 3.05) is 19.6 Å². The van der Waals surface area contributed by atoms with Gasteiger partial charge >= 0.3 is 5.97 Å². The van der Waals surface area contributed by atoms with E-state index >= 15 is 0 Å². The molecule has 2 N–H and O–H groups in total. The van der Waals surface area contributed by atoms with Gasteiger partial charge < -0.3 is 10.4 Å². The zero-order valence-corrected chi connectivity index (χ0v) is 13.3. The lowest BCUT2D eigenvalue weighted by molar-refractivity contribution is -0.137. The predicted octanol–water partition coefficient (Wildman–Crippen LogP) is 2.11. The molecule has 0 aromatic heterocycles. The topological polar surface area (TPSA) is 69.6 Å². The van der Waals surface area contributed by atoms with E-state index in [1.54, 1.807) is 0 Å². The van der Waals surface area contributed by atoms with Gasteiger partial charge in [-0.3, -0.25) is 14.5 Å². The molecule has 0 aliphatic rings. The molecule has 0 aliphatic heterocycles. The molecule has 0 bridgehead atoms. The highest BCUT2D eigenvalue weighted by Gasteiger charge is 2.12.